The first-order chi connectivity index (χ1) is 19.4. The zero-order chi connectivity index (χ0) is 27.8. The fourth-order valence-corrected chi connectivity index (χ4v) is 5.22. The number of pyridine rings is 1. The van der Waals surface area contributed by atoms with Crippen molar-refractivity contribution in [3.05, 3.63) is 111 Å². The number of fused-ring (bicyclic) bond motifs is 1. The molecular formula is C29H28FN7O3. The first-order valence-corrected chi connectivity index (χ1v) is 13.1. The predicted molar refractivity (Wildman–Crippen MR) is 145 cm³/mol. The van der Waals surface area contributed by atoms with Gasteiger partial charge in [0.25, 0.3) is 11.5 Å². The molecule has 5 aromatic rings. The van der Waals surface area contributed by atoms with Crippen LogP contribution in [0.15, 0.2) is 70.1 Å². The summed E-state index contributed by atoms with van der Waals surface area (Å²) in [6.07, 6.45) is 1.48. The molecule has 0 radical (unpaired) electrons. The van der Waals surface area contributed by atoms with Crippen molar-refractivity contribution in [2.75, 3.05) is 26.2 Å². The molecule has 6 rings (SSSR count). The lowest BCUT2D eigenvalue weighted by Crippen LogP contribution is -2.50. The Labute approximate surface area is 229 Å². The second kappa shape index (κ2) is 10.5. The van der Waals surface area contributed by atoms with Crippen LogP contribution in [0.5, 0.6) is 0 Å². The molecule has 1 saturated heterocycles. The number of aryl methyl sites for hydroxylation is 2. The van der Waals surface area contributed by atoms with Gasteiger partial charge in [-0.1, -0.05) is 12.1 Å². The lowest BCUT2D eigenvalue weighted by atomic mass is 10.00. The first kappa shape index (κ1) is 25.6. The van der Waals surface area contributed by atoms with Gasteiger partial charge in [-0.15, -0.1) is 5.10 Å². The zero-order valence-corrected chi connectivity index (χ0v) is 22.2. The van der Waals surface area contributed by atoms with Gasteiger partial charge < -0.3 is 14.3 Å². The summed E-state index contributed by atoms with van der Waals surface area (Å²) in [7, 11) is 0. The molecule has 1 N–H and O–H groups in total. The number of halogens is 1. The second-order valence-corrected chi connectivity index (χ2v) is 10.1. The van der Waals surface area contributed by atoms with Crippen LogP contribution in [0.2, 0.25) is 0 Å². The van der Waals surface area contributed by atoms with Crippen molar-refractivity contribution < 1.29 is 13.6 Å². The predicted octanol–water partition coefficient (Wildman–Crippen LogP) is 3.46. The normalized spacial score (nSPS) is 15.0. The second-order valence-electron chi connectivity index (χ2n) is 10.1. The monoisotopic (exact) mass is 541 g/mol. The molecule has 1 aliphatic rings. The average Bonchev–Trinajstić information content (AvgIpc) is 3.65. The Balaban J connectivity index is 1.38. The maximum absolute atomic E-state index is 13.6. The number of amides is 1. The van der Waals surface area contributed by atoms with E-state index in [1.807, 2.05) is 26.0 Å². The number of carbonyl (C=O) groups is 1. The molecule has 10 nitrogen and oxygen atoms in total. The van der Waals surface area contributed by atoms with Gasteiger partial charge in [0.05, 0.1) is 12.8 Å². The number of carbonyl (C=O) groups excluding carboxylic acids is 1. The van der Waals surface area contributed by atoms with E-state index in [0.717, 1.165) is 27.6 Å². The molecule has 40 heavy (non-hydrogen) atoms. The third-order valence-corrected chi connectivity index (χ3v) is 7.53. The quantitative estimate of drug-likeness (QED) is 0.350. The van der Waals surface area contributed by atoms with Crippen molar-refractivity contribution in [1.29, 1.82) is 0 Å². The summed E-state index contributed by atoms with van der Waals surface area (Å²) in [5, 5.41) is 13.4. The fraction of sp³-hybridized carbons (Fsp3) is 0.276. The van der Waals surface area contributed by atoms with Gasteiger partial charge in [0, 0.05) is 37.3 Å². The molecule has 0 bridgehead atoms. The van der Waals surface area contributed by atoms with Crippen LogP contribution in [0.4, 0.5) is 4.39 Å². The molecule has 0 aliphatic carbocycles. The van der Waals surface area contributed by atoms with Crippen LogP contribution in [0, 0.1) is 19.7 Å². The summed E-state index contributed by atoms with van der Waals surface area (Å²) in [4.78, 5) is 33.3. The van der Waals surface area contributed by atoms with Crippen LogP contribution in [0.25, 0.3) is 10.9 Å². The third kappa shape index (κ3) is 4.91. The Hall–Kier alpha value is -4.64. The number of rotatable bonds is 6. The molecule has 0 saturated carbocycles. The summed E-state index contributed by atoms with van der Waals surface area (Å²) in [5.41, 5.74) is 4.07. The molecule has 2 aromatic carbocycles. The first-order valence-electron chi connectivity index (χ1n) is 13.1. The van der Waals surface area contributed by atoms with E-state index >= 15 is 0 Å². The Bertz CT molecular complexity index is 1720. The van der Waals surface area contributed by atoms with E-state index in [0.29, 0.717) is 49.9 Å². The van der Waals surface area contributed by atoms with Crippen molar-refractivity contribution >= 4 is 16.8 Å². The van der Waals surface area contributed by atoms with E-state index in [1.54, 1.807) is 33.8 Å². The van der Waals surface area contributed by atoms with Crippen LogP contribution >= 0.6 is 0 Å². The Morgan fingerprint density at radius 1 is 1.05 bits per heavy atom. The van der Waals surface area contributed by atoms with E-state index in [2.05, 4.69) is 31.5 Å². The number of nitrogens with one attached hydrogen (secondary N) is 1. The standard InChI is InChI=1S/C29H28FN7O3/c1-18-14-21-16-23(28(38)31-24(21)15-19(18)2)26(27-32-33-34-37(27)17-20-5-7-22(30)8-6-20)35-9-11-36(12-10-35)29(39)25-4-3-13-40-25/h3-8,13-16,26H,9-12,17H2,1-2H3,(H,31,38)/t26-/m1/s1. The Kier molecular flexibility index (Phi) is 6.72. The van der Waals surface area contributed by atoms with Crippen molar-refractivity contribution in [3.8, 4) is 0 Å². The Morgan fingerprint density at radius 3 is 2.52 bits per heavy atom. The van der Waals surface area contributed by atoms with Crippen molar-refractivity contribution in [3.63, 3.8) is 0 Å². The number of aromatic amines is 1. The van der Waals surface area contributed by atoms with Gasteiger partial charge in [0.1, 0.15) is 11.9 Å². The van der Waals surface area contributed by atoms with Crippen LogP contribution in [-0.2, 0) is 6.54 Å². The SMILES string of the molecule is Cc1cc2cc([C@H](c3nnnn3Cc3ccc(F)cc3)N3CCN(C(=O)c4ccco4)CC3)c(=O)[nH]c2cc1C. The molecule has 0 unspecified atom stereocenters. The largest absolute Gasteiger partial charge is 0.459 e. The highest BCUT2D eigenvalue weighted by Crippen LogP contribution is 2.29. The molecule has 4 heterocycles. The third-order valence-electron chi connectivity index (χ3n) is 7.53. The van der Waals surface area contributed by atoms with E-state index in [9.17, 15) is 14.0 Å². The van der Waals surface area contributed by atoms with Crippen LogP contribution in [-0.4, -0.2) is 67.1 Å². The highest BCUT2D eigenvalue weighted by molar-refractivity contribution is 5.91. The lowest BCUT2D eigenvalue weighted by molar-refractivity contribution is 0.0558. The molecule has 3 aromatic heterocycles. The van der Waals surface area contributed by atoms with Crippen molar-refractivity contribution in [2.45, 2.75) is 26.4 Å². The summed E-state index contributed by atoms with van der Waals surface area (Å²) in [6, 6.07) is 14.9. The number of aromatic nitrogens is 5. The minimum atomic E-state index is -0.578. The van der Waals surface area contributed by atoms with E-state index in [1.165, 1.54) is 18.4 Å². The van der Waals surface area contributed by atoms with Crippen LogP contribution in [0.3, 0.4) is 0 Å². The van der Waals surface area contributed by atoms with Crippen LogP contribution in [0.1, 0.15) is 44.7 Å². The minimum absolute atomic E-state index is 0.170. The maximum Gasteiger partial charge on any atom is 0.289 e. The van der Waals surface area contributed by atoms with Gasteiger partial charge in [-0.25, -0.2) is 9.07 Å². The molecule has 204 valence electrons. The number of hydrogen-bond donors (Lipinski definition) is 1. The number of tetrazole rings is 1. The van der Waals surface area contributed by atoms with E-state index in [4.69, 9.17) is 4.42 Å². The molecule has 11 heteroatoms. The molecule has 1 amide bonds. The van der Waals surface area contributed by atoms with Gasteiger partial charge >= 0.3 is 0 Å². The van der Waals surface area contributed by atoms with E-state index < -0.39 is 6.04 Å². The number of benzene rings is 2. The topological polar surface area (TPSA) is 113 Å². The molecule has 1 aliphatic heterocycles. The smallest absolute Gasteiger partial charge is 0.289 e. The van der Waals surface area contributed by atoms with Crippen molar-refractivity contribution in [1.82, 2.24) is 35.0 Å². The van der Waals surface area contributed by atoms with Gasteiger partial charge in [-0.3, -0.25) is 14.5 Å². The summed E-state index contributed by atoms with van der Waals surface area (Å²) < 4.78 is 20.5. The lowest BCUT2D eigenvalue weighted by Gasteiger charge is -2.38. The number of hydrogen-bond acceptors (Lipinski definition) is 7. The summed E-state index contributed by atoms with van der Waals surface area (Å²) in [5.74, 6) is 0.291. The van der Waals surface area contributed by atoms with Gasteiger partial charge in [0.2, 0.25) is 0 Å². The average molecular weight is 542 g/mol. The number of H-pyrrole nitrogens is 1. The molecule has 1 atom stereocenters. The summed E-state index contributed by atoms with van der Waals surface area (Å²) >= 11 is 0. The van der Waals surface area contributed by atoms with Crippen molar-refractivity contribution in [2.24, 2.45) is 0 Å². The summed E-state index contributed by atoms with van der Waals surface area (Å²) in [6.45, 7) is 6.22. The van der Waals surface area contributed by atoms with Crippen LogP contribution < -0.4 is 5.56 Å². The Morgan fingerprint density at radius 2 is 1.80 bits per heavy atom. The maximum atomic E-state index is 13.6. The minimum Gasteiger partial charge on any atom is -0.459 e. The highest BCUT2D eigenvalue weighted by Gasteiger charge is 2.34. The van der Waals surface area contributed by atoms with Gasteiger partial charge in [-0.2, -0.15) is 0 Å². The zero-order valence-electron chi connectivity index (χ0n) is 22.2. The van der Waals surface area contributed by atoms with E-state index in [-0.39, 0.29) is 17.3 Å². The molecular weight excluding hydrogens is 513 g/mol. The van der Waals surface area contributed by atoms with Gasteiger partial charge in [-0.05, 0) is 88.8 Å². The fourth-order valence-electron chi connectivity index (χ4n) is 5.22. The number of piperazine rings is 1. The molecule has 1 fully saturated rings. The number of furan rings is 1. The number of nitrogens with zero attached hydrogens (tertiary/aromatic N) is 6. The highest BCUT2D eigenvalue weighted by atomic mass is 19.1. The molecule has 0 spiro atoms. The van der Waals surface area contributed by atoms with Gasteiger partial charge in [0.15, 0.2) is 11.6 Å².